The molecule has 54 heavy (non-hydrogen) atoms. The van der Waals surface area contributed by atoms with Crippen LogP contribution in [-0.2, 0) is 6.42 Å². The number of rotatable bonds is 4. The molecule has 1 aliphatic rings. The van der Waals surface area contributed by atoms with Crippen LogP contribution in [0.1, 0.15) is 23.2 Å². The summed E-state index contributed by atoms with van der Waals surface area (Å²) >= 11 is 0. The monoisotopic (exact) mass is 691 g/mol. The number of hydrogen-bond acceptors (Lipinski definition) is 1. The van der Waals surface area contributed by atoms with E-state index in [2.05, 4.69) is 190 Å². The van der Waals surface area contributed by atoms with Gasteiger partial charge in [0.25, 0.3) is 0 Å². The zero-order valence-corrected chi connectivity index (χ0v) is 29.4. The molecule has 0 aliphatic heterocycles. The number of nitrogens with zero attached hydrogens (tertiary/aromatic N) is 3. The molecule has 0 bridgehead atoms. The number of hydrogen-bond donors (Lipinski definition) is 0. The van der Waals surface area contributed by atoms with Crippen molar-refractivity contribution in [1.82, 2.24) is 13.7 Å². The predicted molar refractivity (Wildman–Crippen MR) is 224 cm³/mol. The second kappa shape index (κ2) is 11.2. The maximum atomic E-state index is 6.63. The molecule has 0 saturated carbocycles. The van der Waals surface area contributed by atoms with Gasteiger partial charge in [-0.05, 0) is 90.7 Å². The first kappa shape index (κ1) is 29.5. The molecule has 4 aromatic heterocycles. The highest BCUT2D eigenvalue weighted by molar-refractivity contribution is 6.16. The molecule has 7 aromatic carbocycles. The van der Waals surface area contributed by atoms with Crippen LogP contribution in [0.5, 0.6) is 0 Å². The molecule has 0 amide bonds. The van der Waals surface area contributed by atoms with Crippen molar-refractivity contribution in [2.75, 3.05) is 0 Å². The first-order valence-corrected chi connectivity index (χ1v) is 18.8. The minimum absolute atomic E-state index is 0.890. The second-order valence-electron chi connectivity index (χ2n) is 14.4. The summed E-state index contributed by atoms with van der Waals surface area (Å²) in [5.74, 6) is 0. The summed E-state index contributed by atoms with van der Waals surface area (Å²) in [6, 6.07) is 61.2. The van der Waals surface area contributed by atoms with Gasteiger partial charge in [-0.3, -0.25) is 9.13 Å². The minimum atomic E-state index is 0.890. The molecule has 4 heteroatoms. The normalized spacial score (nSPS) is 13.1. The lowest BCUT2D eigenvalue weighted by atomic mass is 9.89. The topological polar surface area (TPSA) is 27.9 Å². The third-order valence-electron chi connectivity index (χ3n) is 11.5. The molecule has 12 rings (SSSR count). The Morgan fingerprint density at radius 3 is 1.76 bits per heavy atom. The van der Waals surface area contributed by atoms with Crippen LogP contribution in [0.15, 0.2) is 180 Å². The average Bonchev–Trinajstić information content (AvgIpc) is 3.97. The highest BCUT2D eigenvalue weighted by Gasteiger charge is 2.30. The SMILES string of the molecule is C1=C(c2ccc3oc4cccc(-n5c6ccccc6c6ccccc65)c4c3c2)c2c(c3c4ccccc4n(-c4ccccc4)c3n2-c2ccccc2)CC1. The van der Waals surface area contributed by atoms with Crippen molar-refractivity contribution in [3.63, 3.8) is 0 Å². The Labute approximate surface area is 311 Å². The fourth-order valence-electron chi connectivity index (χ4n) is 9.34. The summed E-state index contributed by atoms with van der Waals surface area (Å²) in [4.78, 5) is 0. The number of para-hydroxylation sites is 5. The molecule has 0 fully saturated rings. The highest BCUT2D eigenvalue weighted by atomic mass is 16.3. The van der Waals surface area contributed by atoms with E-state index in [9.17, 15) is 0 Å². The minimum Gasteiger partial charge on any atom is -0.456 e. The summed E-state index contributed by atoms with van der Waals surface area (Å²) in [6.45, 7) is 0. The van der Waals surface area contributed by atoms with Gasteiger partial charge in [0.2, 0.25) is 0 Å². The van der Waals surface area contributed by atoms with E-state index in [1.165, 1.54) is 66.1 Å². The molecule has 0 spiro atoms. The van der Waals surface area contributed by atoms with Gasteiger partial charge in [-0.2, -0.15) is 0 Å². The first-order chi connectivity index (χ1) is 26.8. The number of fused-ring (bicyclic) bond motifs is 11. The summed E-state index contributed by atoms with van der Waals surface area (Å²) < 4.78 is 14.0. The number of allylic oxidation sites excluding steroid dienone is 1. The Morgan fingerprint density at radius 1 is 0.444 bits per heavy atom. The van der Waals surface area contributed by atoms with E-state index in [1.54, 1.807) is 0 Å². The van der Waals surface area contributed by atoms with Gasteiger partial charge in [-0.25, -0.2) is 0 Å². The van der Waals surface area contributed by atoms with Gasteiger partial charge in [0.1, 0.15) is 16.8 Å². The predicted octanol–water partition coefficient (Wildman–Crippen LogP) is 12.9. The third kappa shape index (κ3) is 4.02. The van der Waals surface area contributed by atoms with Crippen molar-refractivity contribution >= 4 is 71.3 Å². The molecule has 0 atom stereocenters. The van der Waals surface area contributed by atoms with Gasteiger partial charge in [-0.15, -0.1) is 0 Å². The molecule has 0 radical (unpaired) electrons. The van der Waals surface area contributed by atoms with Crippen molar-refractivity contribution in [1.29, 1.82) is 0 Å². The van der Waals surface area contributed by atoms with Crippen LogP contribution in [0.4, 0.5) is 0 Å². The van der Waals surface area contributed by atoms with E-state index in [-0.39, 0.29) is 0 Å². The van der Waals surface area contributed by atoms with E-state index in [1.807, 2.05) is 0 Å². The number of aromatic nitrogens is 3. The molecular weight excluding hydrogens is 659 g/mol. The van der Waals surface area contributed by atoms with Gasteiger partial charge < -0.3 is 8.98 Å². The summed E-state index contributed by atoms with van der Waals surface area (Å²) in [5, 5.41) is 7.37. The Morgan fingerprint density at radius 2 is 1.06 bits per heavy atom. The van der Waals surface area contributed by atoms with Crippen molar-refractivity contribution in [3.8, 4) is 17.1 Å². The van der Waals surface area contributed by atoms with Crippen LogP contribution < -0.4 is 0 Å². The second-order valence-corrected chi connectivity index (χ2v) is 14.4. The van der Waals surface area contributed by atoms with Crippen LogP contribution in [0.25, 0.3) is 88.3 Å². The Kier molecular flexibility index (Phi) is 6.14. The van der Waals surface area contributed by atoms with Gasteiger partial charge in [0.05, 0.1) is 33.3 Å². The zero-order chi connectivity index (χ0) is 35.3. The van der Waals surface area contributed by atoms with Gasteiger partial charge in [0, 0.05) is 43.9 Å². The zero-order valence-electron chi connectivity index (χ0n) is 29.4. The summed E-state index contributed by atoms with van der Waals surface area (Å²) in [7, 11) is 0. The van der Waals surface area contributed by atoms with Crippen LogP contribution in [0, 0.1) is 0 Å². The first-order valence-electron chi connectivity index (χ1n) is 18.8. The Hall–Kier alpha value is -7.04. The van der Waals surface area contributed by atoms with E-state index < -0.39 is 0 Å². The van der Waals surface area contributed by atoms with Crippen molar-refractivity contribution in [2.24, 2.45) is 0 Å². The van der Waals surface area contributed by atoms with E-state index in [0.717, 1.165) is 51.8 Å². The van der Waals surface area contributed by atoms with E-state index in [4.69, 9.17) is 4.42 Å². The number of furan rings is 1. The third-order valence-corrected chi connectivity index (χ3v) is 11.5. The molecule has 0 N–H and O–H groups in total. The van der Waals surface area contributed by atoms with Gasteiger partial charge >= 0.3 is 0 Å². The number of benzene rings is 7. The largest absolute Gasteiger partial charge is 0.456 e. The lowest BCUT2D eigenvalue weighted by Gasteiger charge is -2.21. The fraction of sp³-hybridized carbons (Fsp3) is 0.0400. The number of aryl methyl sites for hydroxylation is 1. The quantitative estimate of drug-likeness (QED) is 0.181. The van der Waals surface area contributed by atoms with Gasteiger partial charge in [0.15, 0.2) is 0 Å². The lowest BCUT2D eigenvalue weighted by Crippen LogP contribution is -2.08. The maximum Gasteiger partial charge on any atom is 0.137 e. The van der Waals surface area contributed by atoms with Crippen molar-refractivity contribution in [2.45, 2.75) is 12.8 Å². The van der Waals surface area contributed by atoms with Crippen molar-refractivity contribution in [3.05, 3.63) is 193 Å². The van der Waals surface area contributed by atoms with Gasteiger partial charge in [-0.1, -0.05) is 109 Å². The fourth-order valence-corrected chi connectivity index (χ4v) is 9.34. The molecule has 1 aliphatic carbocycles. The molecule has 0 saturated heterocycles. The Bertz CT molecular complexity index is 3260. The van der Waals surface area contributed by atoms with Crippen LogP contribution in [0.2, 0.25) is 0 Å². The van der Waals surface area contributed by atoms with Crippen molar-refractivity contribution < 1.29 is 4.42 Å². The summed E-state index contributed by atoms with van der Waals surface area (Å²) in [6.07, 6.45) is 4.40. The molecule has 4 heterocycles. The van der Waals surface area contributed by atoms with Crippen LogP contribution >= 0.6 is 0 Å². The lowest BCUT2D eigenvalue weighted by molar-refractivity contribution is 0.669. The molecule has 254 valence electrons. The standard InChI is InChI=1S/C50H33N3O/c1-3-15-33(16-4-1)51-43-26-12-9-21-38(43)47-39-23-13-22-35(49(39)52(50(47)51)34-17-5-2-6-18-34)32-29-30-45-40(31-32)48-44(27-14-28-46(48)54-45)53-41-24-10-7-19-36(41)37-20-8-11-25-42(37)53/h1-12,14-22,24-31H,13,23H2. The molecule has 0 unspecified atom stereocenters. The summed E-state index contributed by atoms with van der Waals surface area (Å²) in [5.41, 5.74) is 15.1. The Balaban J connectivity index is 1.15. The maximum absolute atomic E-state index is 6.63. The van der Waals surface area contributed by atoms with E-state index in [0.29, 0.717) is 0 Å². The van der Waals surface area contributed by atoms with E-state index >= 15 is 0 Å². The molecular formula is C50H33N3O. The van der Waals surface area contributed by atoms with Crippen LogP contribution in [0.3, 0.4) is 0 Å². The highest BCUT2D eigenvalue weighted by Crippen LogP contribution is 2.46. The average molecular weight is 692 g/mol. The molecule has 4 nitrogen and oxygen atoms in total. The molecule has 11 aromatic rings. The van der Waals surface area contributed by atoms with Crippen LogP contribution in [-0.4, -0.2) is 13.7 Å². The smallest absolute Gasteiger partial charge is 0.137 e.